The third-order valence-electron chi connectivity index (χ3n) is 3.93. The molecular formula is C14H16Cl2N2O2S. The van der Waals surface area contributed by atoms with E-state index in [4.69, 9.17) is 23.2 Å². The Hall–Kier alpha value is -0.780. The topological polar surface area (TPSA) is 52.0 Å². The quantitative estimate of drug-likeness (QED) is 0.801. The summed E-state index contributed by atoms with van der Waals surface area (Å²) < 4.78 is 25.4. The maximum Gasteiger partial charge on any atom is 0.150 e. The van der Waals surface area contributed by atoms with Crippen molar-refractivity contribution in [2.24, 2.45) is 0 Å². The van der Waals surface area contributed by atoms with Gasteiger partial charge in [-0.3, -0.25) is 0 Å². The molecule has 0 spiro atoms. The van der Waals surface area contributed by atoms with Crippen LogP contribution in [0.4, 0.5) is 0 Å². The molecule has 0 N–H and O–H groups in total. The fourth-order valence-corrected chi connectivity index (χ4v) is 4.72. The molecule has 0 aliphatic carbocycles. The van der Waals surface area contributed by atoms with E-state index in [1.807, 2.05) is 18.2 Å². The lowest BCUT2D eigenvalue weighted by Crippen LogP contribution is -2.26. The number of hydrogen-bond donors (Lipinski definition) is 0. The number of imidazole rings is 1. The summed E-state index contributed by atoms with van der Waals surface area (Å²) in [6.07, 6.45) is 1.91. The molecular weight excluding hydrogens is 331 g/mol. The van der Waals surface area contributed by atoms with Crippen molar-refractivity contribution in [2.45, 2.75) is 25.3 Å². The molecule has 0 atom stereocenters. The Kier molecular flexibility index (Phi) is 4.17. The normalized spacial score (nSPS) is 19.1. The summed E-state index contributed by atoms with van der Waals surface area (Å²) in [5, 5.41) is 0.657. The Morgan fingerprint density at radius 1 is 1.29 bits per heavy atom. The highest BCUT2D eigenvalue weighted by atomic mass is 35.5. The van der Waals surface area contributed by atoms with Crippen LogP contribution in [0.3, 0.4) is 0 Å². The van der Waals surface area contributed by atoms with Crippen molar-refractivity contribution in [3.63, 3.8) is 0 Å². The van der Waals surface area contributed by atoms with Crippen LogP contribution in [0.15, 0.2) is 18.2 Å². The first-order chi connectivity index (χ1) is 10.00. The number of sulfone groups is 1. The second-order valence-corrected chi connectivity index (χ2v) is 8.47. The molecule has 1 aromatic heterocycles. The van der Waals surface area contributed by atoms with Gasteiger partial charge in [-0.15, -0.1) is 11.6 Å². The molecule has 1 saturated heterocycles. The fraction of sp³-hybridized carbons (Fsp3) is 0.500. The predicted molar refractivity (Wildman–Crippen MR) is 86.1 cm³/mol. The number of halogens is 2. The zero-order chi connectivity index (χ0) is 15.0. The van der Waals surface area contributed by atoms with Crippen LogP contribution in [-0.4, -0.2) is 35.4 Å². The van der Waals surface area contributed by atoms with Crippen molar-refractivity contribution < 1.29 is 8.42 Å². The monoisotopic (exact) mass is 346 g/mol. The highest BCUT2D eigenvalue weighted by Crippen LogP contribution is 2.31. The van der Waals surface area contributed by atoms with Crippen LogP contribution in [-0.2, 0) is 16.3 Å². The van der Waals surface area contributed by atoms with E-state index in [0.717, 1.165) is 16.9 Å². The number of fused-ring (bicyclic) bond motifs is 1. The van der Waals surface area contributed by atoms with Crippen LogP contribution in [0.5, 0.6) is 0 Å². The van der Waals surface area contributed by atoms with Gasteiger partial charge in [0.15, 0.2) is 0 Å². The second kappa shape index (κ2) is 5.78. The molecule has 1 fully saturated rings. The van der Waals surface area contributed by atoms with Crippen molar-refractivity contribution in [3.05, 3.63) is 29.0 Å². The van der Waals surface area contributed by atoms with E-state index in [1.165, 1.54) is 0 Å². The van der Waals surface area contributed by atoms with Gasteiger partial charge in [0.1, 0.15) is 15.7 Å². The van der Waals surface area contributed by atoms with Crippen molar-refractivity contribution in [2.75, 3.05) is 17.4 Å². The van der Waals surface area contributed by atoms with E-state index in [2.05, 4.69) is 9.55 Å². The van der Waals surface area contributed by atoms with Gasteiger partial charge in [0.2, 0.25) is 0 Å². The molecule has 114 valence electrons. The summed E-state index contributed by atoms with van der Waals surface area (Å²) in [5.41, 5.74) is 1.85. The van der Waals surface area contributed by atoms with Crippen molar-refractivity contribution in [1.29, 1.82) is 0 Å². The first-order valence-corrected chi connectivity index (χ1v) is 9.66. The van der Waals surface area contributed by atoms with E-state index >= 15 is 0 Å². The molecule has 3 rings (SSSR count). The van der Waals surface area contributed by atoms with E-state index in [0.29, 0.717) is 30.2 Å². The summed E-state index contributed by atoms with van der Waals surface area (Å²) in [5.74, 6) is 1.87. The predicted octanol–water partition coefficient (Wildman–Crippen LogP) is 3.22. The number of aromatic nitrogens is 2. The Bertz CT molecular complexity index is 757. The summed E-state index contributed by atoms with van der Waals surface area (Å²) >= 11 is 12.0. The van der Waals surface area contributed by atoms with Crippen LogP contribution < -0.4 is 0 Å². The molecule has 1 aliphatic heterocycles. The third-order valence-corrected chi connectivity index (χ3v) is 6.07. The lowest BCUT2D eigenvalue weighted by atomic mass is 10.1. The van der Waals surface area contributed by atoms with Crippen molar-refractivity contribution in [1.82, 2.24) is 9.55 Å². The average Bonchev–Trinajstić information content (AvgIpc) is 2.77. The molecule has 7 heteroatoms. The van der Waals surface area contributed by atoms with Gasteiger partial charge in [-0.05, 0) is 31.0 Å². The van der Waals surface area contributed by atoms with Crippen LogP contribution >= 0.6 is 23.2 Å². The van der Waals surface area contributed by atoms with E-state index in [-0.39, 0.29) is 17.5 Å². The number of nitrogens with zero attached hydrogens (tertiary/aromatic N) is 2. The van der Waals surface area contributed by atoms with Gasteiger partial charge >= 0.3 is 0 Å². The minimum absolute atomic E-state index is 0.148. The molecule has 21 heavy (non-hydrogen) atoms. The molecule has 4 nitrogen and oxygen atoms in total. The third kappa shape index (κ3) is 3.05. The maximum atomic E-state index is 11.6. The number of benzene rings is 1. The molecule has 0 bridgehead atoms. The van der Waals surface area contributed by atoms with Gasteiger partial charge in [-0.2, -0.15) is 0 Å². The highest BCUT2D eigenvalue weighted by Gasteiger charge is 2.27. The van der Waals surface area contributed by atoms with Gasteiger partial charge in [0, 0.05) is 23.4 Å². The summed E-state index contributed by atoms with van der Waals surface area (Å²) in [6.45, 7) is 0. The van der Waals surface area contributed by atoms with E-state index < -0.39 is 9.84 Å². The standard InChI is InChI=1S/C14H16Cl2N2O2S/c15-6-3-14-17-12-2-1-10(16)9-13(12)18(14)11-4-7-21(19,20)8-5-11/h1-2,9,11H,3-8H2. The molecule has 2 aromatic rings. The lowest BCUT2D eigenvalue weighted by molar-refractivity contribution is 0.447. The van der Waals surface area contributed by atoms with Crippen LogP contribution in [0.1, 0.15) is 24.7 Å². The van der Waals surface area contributed by atoms with Crippen LogP contribution in [0.25, 0.3) is 11.0 Å². The summed E-state index contributed by atoms with van der Waals surface area (Å²) in [7, 11) is -2.88. The van der Waals surface area contributed by atoms with Crippen molar-refractivity contribution in [3.8, 4) is 0 Å². The van der Waals surface area contributed by atoms with Crippen LogP contribution in [0.2, 0.25) is 5.02 Å². The van der Waals surface area contributed by atoms with E-state index in [9.17, 15) is 8.42 Å². The molecule has 0 radical (unpaired) electrons. The van der Waals surface area contributed by atoms with Gasteiger partial charge < -0.3 is 4.57 Å². The number of rotatable bonds is 3. The molecule has 1 aromatic carbocycles. The average molecular weight is 347 g/mol. The van der Waals surface area contributed by atoms with E-state index in [1.54, 1.807) is 0 Å². The minimum atomic E-state index is -2.88. The SMILES string of the molecule is O=S1(=O)CCC(n2c(CCCl)nc3ccc(Cl)cc32)CC1. The van der Waals surface area contributed by atoms with Gasteiger partial charge in [0.25, 0.3) is 0 Å². The van der Waals surface area contributed by atoms with Gasteiger partial charge in [0.05, 0.1) is 22.5 Å². The number of alkyl halides is 1. The Balaban J connectivity index is 2.06. The molecule has 0 saturated carbocycles. The van der Waals surface area contributed by atoms with Gasteiger partial charge in [-0.25, -0.2) is 13.4 Å². The first-order valence-electron chi connectivity index (χ1n) is 6.93. The highest BCUT2D eigenvalue weighted by molar-refractivity contribution is 7.91. The minimum Gasteiger partial charge on any atom is -0.325 e. The second-order valence-electron chi connectivity index (χ2n) is 5.35. The smallest absolute Gasteiger partial charge is 0.150 e. The van der Waals surface area contributed by atoms with Crippen molar-refractivity contribution >= 4 is 44.1 Å². The maximum absolute atomic E-state index is 11.6. The number of hydrogen-bond acceptors (Lipinski definition) is 3. The largest absolute Gasteiger partial charge is 0.325 e. The summed E-state index contributed by atoms with van der Waals surface area (Å²) in [6, 6.07) is 5.75. The zero-order valence-corrected chi connectivity index (χ0v) is 13.8. The molecule has 1 aliphatic rings. The Labute approximate surface area is 134 Å². The lowest BCUT2D eigenvalue weighted by Gasteiger charge is -2.25. The van der Waals surface area contributed by atoms with Crippen LogP contribution in [0, 0.1) is 0 Å². The summed E-state index contributed by atoms with van der Waals surface area (Å²) in [4.78, 5) is 4.63. The molecule has 0 amide bonds. The Morgan fingerprint density at radius 3 is 2.67 bits per heavy atom. The molecule has 0 unspecified atom stereocenters. The zero-order valence-electron chi connectivity index (χ0n) is 11.4. The fourth-order valence-electron chi connectivity index (χ4n) is 2.92. The van der Waals surface area contributed by atoms with Gasteiger partial charge in [-0.1, -0.05) is 11.6 Å². The molecule has 2 heterocycles. The number of aryl methyl sites for hydroxylation is 1. The first kappa shape index (κ1) is 15.1. The Morgan fingerprint density at radius 2 is 2.00 bits per heavy atom.